The van der Waals surface area contributed by atoms with Crippen molar-refractivity contribution in [2.75, 3.05) is 0 Å². The number of carboxylic acids is 1. The molecule has 0 radical (unpaired) electrons. The minimum atomic E-state index is -0.695. The Bertz CT molecular complexity index is 317. The average molecular weight is 226 g/mol. The molecule has 0 spiro atoms. The SMILES string of the molecule is CCCC(CC(=O)O)c1ccc(CC)s1. The van der Waals surface area contributed by atoms with Crippen molar-refractivity contribution >= 4 is 17.3 Å². The van der Waals surface area contributed by atoms with Crippen LogP contribution in [-0.2, 0) is 11.2 Å². The molecule has 1 unspecified atom stereocenters. The van der Waals surface area contributed by atoms with Crippen LogP contribution in [0.3, 0.4) is 0 Å². The van der Waals surface area contributed by atoms with Crippen LogP contribution in [0.2, 0.25) is 0 Å². The van der Waals surface area contributed by atoms with Crippen molar-refractivity contribution in [2.24, 2.45) is 0 Å². The Morgan fingerprint density at radius 2 is 2.20 bits per heavy atom. The molecule has 2 nitrogen and oxygen atoms in total. The molecule has 1 aromatic heterocycles. The lowest BCUT2D eigenvalue weighted by molar-refractivity contribution is -0.137. The van der Waals surface area contributed by atoms with Crippen LogP contribution in [0, 0.1) is 0 Å². The van der Waals surface area contributed by atoms with E-state index in [0.29, 0.717) is 0 Å². The van der Waals surface area contributed by atoms with Crippen LogP contribution in [0.15, 0.2) is 12.1 Å². The Morgan fingerprint density at radius 3 is 2.67 bits per heavy atom. The largest absolute Gasteiger partial charge is 0.481 e. The maximum absolute atomic E-state index is 10.7. The maximum Gasteiger partial charge on any atom is 0.303 e. The van der Waals surface area contributed by atoms with Crippen LogP contribution >= 0.6 is 11.3 Å². The molecule has 0 aromatic carbocycles. The van der Waals surface area contributed by atoms with Crippen molar-refractivity contribution in [2.45, 2.75) is 45.4 Å². The molecular weight excluding hydrogens is 208 g/mol. The van der Waals surface area contributed by atoms with E-state index < -0.39 is 5.97 Å². The molecular formula is C12H18O2S. The van der Waals surface area contributed by atoms with Crippen LogP contribution in [0.25, 0.3) is 0 Å². The van der Waals surface area contributed by atoms with E-state index in [0.717, 1.165) is 19.3 Å². The molecule has 1 atom stereocenters. The van der Waals surface area contributed by atoms with E-state index in [1.165, 1.54) is 9.75 Å². The van der Waals surface area contributed by atoms with Gasteiger partial charge in [-0.3, -0.25) is 4.79 Å². The van der Waals surface area contributed by atoms with Gasteiger partial charge in [0.1, 0.15) is 0 Å². The summed E-state index contributed by atoms with van der Waals surface area (Å²) in [6.45, 7) is 4.23. The number of carboxylic acid groups (broad SMARTS) is 1. The molecule has 3 heteroatoms. The minimum Gasteiger partial charge on any atom is -0.481 e. The number of hydrogen-bond donors (Lipinski definition) is 1. The Hall–Kier alpha value is -0.830. The van der Waals surface area contributed by atoms with Crippen LogP contribution in [0.1, 0.15) is 48.8 Å². The zero-order chi connectivity index (χ0) is 11.3. The first-order chi connectivity index (χ1) is 7.17. The van der Waals surface area contributed by atoms with E-state index in [2.05, 4.69) is 26.0 Å². The predicted molar refractivity (Wildman–Crippen MR) is 63.6 cm³/mol. The van der Waals surface area contributed by atoms with Gasteiger partial charge in [0, 0.05) is 15.7 Å². The van der Waals surface area contributed by atoms with Gasteiger partial charge in [-0.15, -0.1) is 11.3 Å². The molecule has 0 bridgehead atoms. The van der Waals surface area contributed by atoms with Crippen LogP contribution in [0.4, 0.5) is 0 Å². The van der Waals surface area contributed by atoms with Gasteiger partial charge in [0.15, 0.2) is 0 Å². The summed E-state index contributed by atoms with van der Waals surface area (Å²) >= 11 is 1.76. The molecule has 1 N–H and O–H groups in total. The Balaban J connectivity index is 2.73. The summed E-state index contributed by atoms with van der Waals surface area (Å²) in [5.74, 6) is -0.488. The molecule has 84 valence electrons. The van der Waals surface area contributed by atoms with Gasteiger partial charge in [0.25, 0.3) is 0 Å². The molecule has 0 aliphatic carbocycles. The highest BCUT2D eigenvalue weighted by molar-refractivity contribution is 7.12. The number of aryl methyl sites for hydroxylation is 1. The zero-order valence-electron chi connectivity index (χ0n) is 9.32. The Kier molecular flexibility index (Phi) is 4.82. The third-order valence-electron chi connectivity index (χ3n) is 2.49. The summed E-state index contributed by atoms with van der Waals surface area (Å²) in [6.07, 6.45) is 3.31. The quantitative estimate of drug-likeness (QED) is 0.803. The lowest BCUT2D eigenvalue weighted by Crippen LogP contribution is -2.04. The smallest absolute Gasteiger partial charge is 0.303 e. The number of thiophene rings is 1. The van der Waals surface area contributed by atoms with Gasteiger partial charge in [-0.2, -0.15) is 0 Å². The van der Waals surface area contributed by atoms with E-state index in [1.807, 2.05) is 0 Å². The fraction of sp³-hybridized carbons (Fsp3) is 0.583. The standard InChI is InChI=1S/C12H18O2S/c1-3-5-9(8-12(13)14)11-7-6-10(4-2)15-11/h6-7,9H,3-5,8H2,1-2H3,(H,13,14). The number of rotatable bonds is 6. The molecule has 0 fully saturated rings. The molecule has 0 saturated heterocycles. The summed E-state index contributed by atoms with van der Waals surface area (Å²) in [4.78, 5) is 13.3. The van der Waals surface area contributed by atoms with Crippen molar-refractivity contribution in [3.05, 3.63) is 21.9 Å². The van der Waals surface area contributed by atoms with Crippen molar-refractivity contribution in [3.8, 4) is 0 Å². The highest BCUT2D eigenvalue weighted by Crippen LogP contribution is 2.31. The van der Waals surface area contributed by atoms with E-state index in [1.54, 1.807) is 11.3 Å². The maximum atomic E-state index is 10.7. The predicted octanol–water partition coefficient (Wildman–Crippen LogP) is 3.67. The molecule has 1 aromatic rings. The van der Waals surface area contributed by atoms with Gasteiger partial charge in [-0.25, -0.2) is 0 Å². The van der Waals surface area contributed by atoms with Crippen molar-refractivity contribution in [1.82, 2.24) is 0 Å². The summed E-state index contributed by atoms with van der Waals surface area (Å²) in [7, 11) is 0. The van der Waals surface area contributed by atoms with Gasteiger partial charge >= 0.3 is 5.97 Å². The molecule has 15 heavy (non-hydrogen) atoms. The minimum absolute atomic E-state index is 0.206. The van der Waals surface area contributed by atoms with Gasteiger partial charge in [-0.05, 0) is 25.0 Å². The van der Waals surface area contributed by atoms with Crippen LogP contribution in [-0.4, -0.2) is 11.1 Å². The Morgan fingerprint density at radius 1 is 1.47 bits per heavy atom. The van der Waals surface area contributed by atoms with Gasteiger partial charge in [0.2, 0.25) is 0 Å². The van der Waals surface area contributed by atoms with Gasteiger partial charge < -0.3 is 5.11 Å². The second kappa shape index (κ2) is 5.91. The molecule has 0 aliphatic heterocycles. The van der Waals surface area contributed by atoms with Crippen LogP contribution in [0.5, 0.6) is 0 Å². The Labute approximate surface area is 94.9 Å². The van der Waals surface area contributed by atoms with Gasteiger partial charge in [-0.1, -0.05) is 20.3 Å². The number of carbonyl (C=O) groups is 1. The molecule has 0 aliphatic rings. The highest BCUT2D eigenvalue weighted by Gasteiger charge is 2.16. The van der Waals surface area contributed by atoms with Gasteiger partial charge in [0.05, 0.1) is 6.42 Å². The van der Waals surface area contributed by atoms with E-state index in [4.69, 9.17) is 5.11 Å². The number of aliphatic carboxylic acids is 1. The number of hydrogen-bond acceptors (Lipinski definition) is 2. The normalized spacial score (nSPS) is 12.7. The van der Waals surface area contributed by atoms with Crippen molar-refractivity contribution < 1.29 is 9.90 Å². The average Bonchev–Trinajstić information content (AvgIpc) is 2.64. The molecule has 1 rings (SSSR count). The summed E-state index contributed by atoms with van der Waals surface area (Å²) < 4.78 is 0. The molecule has 1 heterocycles. The second-order valence-corrected chi connectivity index (χ2v) is 4.94. The summed E-state index contributed by atoms with van der Waals surface area (Å²) in [5, 5.41) is 8.84. The summed E-state index contributed by atoms with van der Waals surface area (Å²) in [6, 6.07) is 4.21. The van der Waals surface area contributed by atoms with E-state index in [-0.39, 0.29) is 12.3 Å². The van der Waals surface area contributed by atoms with Crippen molar-refractivity contribution in [3.63, 3.8) is 0 Å². The van der Waals surface area contributed by atoms with Crippen LogP contribution < -0.4 is 0 Å². The highest BCUT2D eigenvalue weighted by atomic mass is 32.1. The third kappa shape index (κ3) is 3.67. The van der Waals surface area contributed by atoms with Crippen molar-refractivity contribution in [1.29, 1.82) is 0 Å². The lowest BCUT2D eigenvalue weighted by atomic mass is 9.98. The lowest BCUT2D eigenvalue weighted by Gasteiger charge is -2.11. The fourth-order valence-corrected chi connectivity index (χ4v) is 2.80. The fourth-order valence-electron chi connectivity index (χ4n) is 1.71. The summed E-state index contributed by atoms with van der Waals surface area (Å²) in [5.41, 5.74) is 0. The zero-order valence-corrected chi connectivity index (χ0v) is 10.1. The first-order valence-electron chi connectivity index (χ1n) is 5.47. The first kappa shape index (κ1) is 12.2. The molecule has 0 amide bonds. The van der Waals surface area contributed by atoms with E-state index in [9.17, 15) is 4.79 Å². The topological polar surface area (TPSA) is 37.3 Å². The molecule has 0 saturated carbocycles. The van der Waals surface area contributed by atoms with E-state index >= 15 is 0 Å². The first-order valence-corrected chi connectivity index (χ1v) is 6.29. The monoisotopic (exact) mass is 226 g/mol. The third-order valence-corrected chi connectivity index (χ3v) is 3.88. The second-order valence-electron chi connectivity index (χ2n) is 3.74.